The van der Waals surface area contributed by atoms with Gasteiger partial charge in [0.15, 0.2) is 0 Å². The summed E-state index contributed by atoms with van der Waals surface area (Å²) in [5.41, 5.74) is 4.99. The number of phenols is 1. The van der Waals surface area contributed by atoms with Crippen molar-refractivity contribution >= 4 is 35.2 Å². The molecule has 0 radical (unpaired) electrons. The molecular formula is C34H34ClN3O3Zr. The van der Waals surface area contributed by atoms with E-state index < -0.39 is 0 Å². The first kappa shape index (κ1) is 34.8. The Morgan fingerprint density at radius 1 is 0.690 bits per heavy atom. The first-order valence-corrected chi connectivity index (χ1v) is 13.5. The van der Waals surface area contributed by atoms with Crippen LogP contribution in [0.1, 0.15) is 63.8 Å². The standard InChI is InChI=1S/C20H24ClN3O.2C7H5O.Zr/c1-19(2,3)12-9-14(20(4,5)6)18(25)17(10-12)24-22-15-8-7-13(21)11-16(15)23-24;2*8-6-7-4-2-1-3-5-7;/h7-11,25H,1-6H3;2*1-5H;/q;2*-1;+2. The van der Waals surface area contributed by atoms with Crippen LogP contribution in [0.2, 0.25) is 5.02 Å². The Morgan fingerprint density at radius 3 is 1.62 bits per heavy atom. The van der Waals surface area contributed by atoms with Crippen molar-refractivity contribution in [3.05, 3.63) is 118 Å². The molecule has 4 aromatic carbocycles. The molecule has 0 saturated carbocycles. The van der Waals surface area contributed by atoms with E-state index in [1.165, 1.54) is 4.80 Å². The van der Waals surface area contributed by atoms with Gasteiger partial charge in [0.05, 0.1) is 12.6 Å². The fourth-order valence-electron chi connectivity index (χ4n) is 3.78. The molecule has 8 heteroatoms. The van der Waals surface area contributed by atoms with Gasteiger partial charge < -0.3 is 14.7 Å². The number of fused-ring (bicyclic) bond motifs is 1. The molecule has 0 aliphatic heterocycles. The molecule has 6 nitrogen and oxygen atoms in total. The van der Waals surface area contributed by atoms with E-state index in [9.17, 15) is 14.7 Å². The second-order valence-electron chi connectivity index (χ2n) is 11.5. The maximum Gasteiger partial charge on any atom is 2.00 e. The largest absolute Gasteiger partial charge is 2.00 e. The van der Waals surface area contributed by atoms with Crippen molar-refractivity contribution in [2.75, 3.05) is 0 Å². The van der Waals surface area contributed by atoms with Crippen LogP contribution in [0.4, 0.5) is 0 Å². The summed E-state index contributed by atoms with van der Waals surface area (Å²) in [6.45, 7) is 12.7. The van der Waals surface area contributed by atoms with Crippen LogP contribution in [-0.4, -0.2) is 32.7 Å². The van der Waals surface area contributed by atoms with Crippen LogP contribution in [0.5, 0.6) is 5.75 Å². The molecule has 214 valence electrons. The number of benzene rings is 4. The summed E-state index contributed by atoms with van der Waals surface area (Å²) in [4.78, 5) is 21.3. The molecule has 0 unspecified atom stereocenters. The first-order chi connectivity index (χ1) is 19.3. The first-order valence-electron chi connectivity index (χ1n) is 13.1. The number of hydrogen-bond acceptors (Lipinski definition) is 5. The fourth-order valence-corrected chi connectivity index (χ4v) is 3.95. The molecule has 0 spiro atoms. The number of aromatic nitrogens is 3. The van der Waals surface area contributed by atoms with E-state index >= 15 is 0 Å². The third kappa shape index (κ3) is 9.57. The zero-order valence-electron chi connectivity index (χ0n) is 24.6. The van der Waals surface area contributed by atoms with Gasteiger partial charge in [0.1, 0.15) is 22.5 Å². The van der Waals surface area contributed by atoms with Crippen LogP contribution in [0, 0.1) is 0 Å². The van der Waals surface area contributed by atoms with E-state index in [1.807, 2.05) is 24.3 Å². The van der Waals surface area contributed by atoms with Gasteiger partial charge in [-0.25, -0.2) is 0 Å². The van der Waals surface area contributed by atoms with Gasteiger partial charge in [-0.05, 0) is 40.7 Å². The van der Waals surface area contributed by atoms with Gasteiger partial charge in [-0.15, -0.1) is 39.3 Å². The van der Waals surface area contributed by atoms with Crippen molar-refractivity contribution in [3.8, 4) is 11.4 Å². The van der Waals surface area contributed by atoms with Crippen LogP contribution < -0.4 is 0 Å². The van der Waals surface area contributed by atoms with E-state index in [0.717, 1.165) is 16.6 Å². The van der Waals surface area contributed by atoms with Crippen LogP contribution in [0.3, 0.4) is 0 Å². The summed E-state index contributed by atoms with van der Waals surface area (Å²) in [7, 11) is 0. The minimum Gasteiger partial charge on any atom is -0.505 e. The van der Waals surface area contributed by atoms with E-state index in [4.69, 9.17) is 11.6 Å². The Kier molecular flexibility index (Phi) is 12.6. The van der Waals surface area contributed by atoms with Gasteiger partial charge in [-0.2, -0.15) is 35.4 Å². The summed E-state index contributed by atoms with van der Waals surface area (Å²) in [5, 5.41) is 20.6. The molecule has 0 saturated heterocycles. The molecule has 1 N–H and O–H groups in total. The van der Waals surface area contributed by atoms with Crippen LogP contribution in [-0.2, 0) is 46.6 Å². The molecule has 42 heavy (non-hydrogen) atoms. The number of hydrogen-bond donors (Lipinski definition) is 1. The number of aromatic hydroxyl groups is 1. The Morgan fingerprint density at radius 2 is 1.19 bits per heavy atom. The number of nitrogens with zero attached hydrogens (tertiary/aromatic N) is 3. The van der Waals surface area contributed by atoms with Gasteiger partial charge in [-0.3, -0.25) is 0 Å². The Hall–Kier alpha value is -3.41. The summed E-state index contributed by atoms with van der Waals surface area (Å²) in [5.74, 6) is 0.215. The second kappa shape index (κ2) is 15.2. The third-order valence-electron chi connectivity index (χ3n) is 6.10. The molecule has 0 fully saturated rings. The SMILES string of the molecule is CC(C)(C)c1cc(-n2nc3ccc(Cl)cc3n2)c(O)c(C(C)(C)C)c1.O=[C-]c1ccccc1.O=[C-]c1ccccc1.[Zr+2]. The predicted octanol–water partition coefficient (Wildman–Crippen LogP) is 7.66. The minimum absolute atomic E-state index is 0. The van der Waals surface area contributed by atoms with E-state index in [2.05, 4.69) is 57.8 Å². The van der Waals surface area contributed by atoms with E-state index in [0.29, 0.717) is 27.4 Å². The van der Waals surface area contributed by atoms with Crippen LogP contribution in [0.25, 0.3) is 16.7 Å². The zero-order valence-corrected chi connectivity index (χ0v) is 27.9. The zero-order chi connectivity index (χ0) is 30.2. The minimum atomic E-state index is -0.198. The van der Waals surface area contributed by atoms with Gasteiger partial charge in [0, 0.05) is 10.6 Å². The van der Waals surface area contributed by atoms with Gasteiger partial charge in [-0.1, -0.05) is 71.3 Å². The molecule has 0 aliphatic carbocycles. The van der Waals surface area contributed by atoms with Gasteiger partial charge in [0.25, 0.3) is 0 Å². The molecule has 5 aromatic rings. The Labute approximate surface area is 271 Å². The fraction of sp³-hybridized carbons (Fsp3) is 0.235. The van der Waals surface area contributed by atoms with Crippen molar-refractivity contribution in [2.45, 2.75) is 52.4 Å². The third-order valence-corrected chi connectivity index (χ3v) is 6.34. The average Bonchev–Trinajstić information content (AvgIpc) is 3.36. The topological polar surface area (TPSA) is 85.1 Å². The quantitative estimate of drug-likeness (QED) is 0.201. The summed E-state index contributed by atoms with van der Waals surface area (Å²) < 4.78 is 0. The molecule has 0 aliphatic rings. The molecule has 0 amide bonds. The van der Waals surface area contributed by atoms with Crippen molar-refractivity contribution in [2.24, 2.45) is 0 Å². The van der Waals surface area contributed by atoms with Crippen LogP contribution >= 0.6 is 11.6 Å². The number of halogens is 1. The van der Waals surface area contributed by atoms with Gasteiger partial charge >= 0.3 is 26.2 Å². The summed E-state index contributed by atoms with van der Waals surface area (Å²) in [6, 6.07) is 27.2. The summed E-state index contributed by atoms with van der Waals surface area (Å²) >= 11 is 6.05. The Bertz CT molecular complexity index is 1560. The monoisotopic (exact) mass is 657 g/mol. The van der Waals surface area contributed by atoms with Crippen molar-refractivity contribution in [3.63, 3.8) is 0 Å². The second-order valence-corrected chi connectivity index (χ2v) is 11.9. The molecule has 5 rings (SSSR count). The smallest absolute Gasteiger partial charge is 0.505 e. The Balaban J connectivity index is 0.000000295. The maximum absolute atomic E-state index is 10.9. The number of rotatable bonds is 3. The molecular weight excluding hydrogens is 625 g/mol. The molecule has 1 heterocycles. The normalized spacial score (nSPS) is 10.8. The number of carbonyl (C=O) groups excluding carboxylic acids is 2. The molecule has 1 aromatic heterocycles. The predicted molar refractivity (Wildman–Crippen MR) is 165 cm³/mol. The average molecular weight is 659 g/mol. The number of phenolic OH excluding ortho intramolecular Hbond substituents is 1. The van der Waals surface area contributed by atoms with Crippen molar-refractivity contribution < 1.29 is 40.9 Å². The maximum atomic E-state index is 10.9. The van der Waals surface area contributed by atoms with E-state index in [1.54, 1.807) is 73.2 Å². The van der Waals surface area contributed by atoms with E-state index in [-0.39, 0.29) is 42.8 Å². The van der Waals surface area contributed by atoms with Crippen molar-refractivity contribution in [1.82, 2.24) is 15.0 Å². The molecule has 0 bridgehead atoms. The van der Waals surface area contributed by atoms with Crippen molar-refractivity contribution in [1.29, 1.82) is 0 Å². The van der Waals surface area contributed by atoms with Crippen LogP contribution in [0.15, 0.2) is 91.0 Å². The molecule has 0 atom stereocenters. The van der Waals surface area contributed by atoms with Gasteiger partial charge in [0.2, 0.25) is 0 Å². The summed E-state index contributed by atoms with van der Waals surface area (Å²) in [6.07, 6.45) is 3.55.